The average molecular weight is 328 g/mol. The highest BCUT2D eigenvalue weighted by Gasteiger charge is 2.18. The lowest BCUT2D eigenvalue weighted by atomic mass is 10.1. The smallest absolute Gasteiger partial charge is 0.263 e. The van der Waals surface area contributed by atoms with Crippen LogP contribution in [0.2, 0.25) is 0 Å². The lowest BCUT2D eigenvalue weighted by molar-refractivity contribution is -0.114. The van der Waals surface area contributed by atoms with E-state index in [2.05, 4.69) is 10.6 Å². The topological polar surface area (TPSA) is 76.7 Å². The molecule has 2 aromatic rings. The molecular formula is C18H20N2O4. The van der Waals surface area contributed by atoms with Crippen molar-refractivity contribution < 1.29 is 19.1 Å². The molecule has 6 heteroatoms. The normalized spacial score (nSPS) is 10.0. The highest BCUT2D eigenvalue weighted by atomic mass is 16.5. The highest BCUT2D eigenvalue weighted by Crippen LogP contribution is 2.29. The first-order chi connectivity index (χ1) is 11.5. The second kappa shape index (κ2) is 7.50. The number of amides is 2. The Morgan fingerprint density at radius 1 is 0.958 bits per heavy atom. The monoisotopic (exact) mass is 328 g/mol. The van der Waals surface area contributed by atoms with Crippen LogP contribution in [0.3, 0.4) is 0 Å². The van der Waals surface area contributed by atoms with Gasteiger partial charge in [-0.1, -0.05) is 12.1 Å². The largest absolute Gasteiger partial charge is 0.496 e. The Labute approximate surface area is 140 Å². The minimum atomic E-state index is -0.359. The van der Waals surface area contributed by atoms with E-state index < -0.39 is 0 Å². The van der Waals surface area contributed by atoms with Crippen molar-refractivity contribution in [3.8, 4) is 11.5 Å². The number of benzene rings is 2. The summed E-state index contributed by atoms with van der Waals surface area (Å²) in [6.45, 7) is 3.31. The van der Waals surface area contributed by atoms with E-state index in [0.29, 0.717) is 28.4 Å². The molecule has 2 aromatic carbocycles. The maximum Gasteiger partial charge on any atom is 0.263 e. The van der Waals surface area contributed by atoms with E-state index in [1.807, 2.05) is 13.0 Å². The van der Waals surface area contributed by atoms with Crippen LogP contribution in [-0.4, -0.2) is 26.0 Å². The van der Waals surface area contributed by atoms with Crippen molar-refractivity contribution in [1.82, 2.24) is 0 Å². The number of rotatable bonds is 5. The van der Waals surface area contributed by atoms with E-state index in [4.69, 9.17) is 9.47 Å². The quantitative estimate of drug-likeness (QED) is 0.883. The van der Waals surface area contributed by atoms with Crippen LogP contribution in [0.1, 0.15) is 22.8 Å². The highest BCUT2D eigenvalue weighted by molar-refractivity contribution is 6.08. The van der Waals surface area contributed by atoms with Crippen LogP contribution >= 0.6 is 0 Å². The Morgan fingerprint density at radius 3 is 2.12 bits per heavy atom. The summed E-state index contributed by atoms with van der Waals surface area (Å²) in [7, 11) is 2.98. The van der Waals surface area contributed by atoms with Crippen LogP contribution < -0.4 is 20.1 Å². The molecule has 0 saturated carbocycles. The Balaban J connectivity index is 2.32. The molecular weight excluding hydrogens is 308 g/mol. The van der Waals surface area contributed by atoms with E-state index in [-0.39, 0.29) is 11.8 Å². The third-order valence-electron chi connectivity index (χ3n) is 3.46. The van der Waals surface area contributed by atoms with Gasteiger partial charge in [0.05, 0.1) is 14.2 Å². The van der Waals surface area contributed by atoms with Crippen LogP contribution in [0.25, 0.3) is 0 Å². The van der Waals surface area contributed by atoms with Crippen molar-refractivity contribution in [2.75, 3.05) is 24.9 Å². The fourth-order valence-electron chi connectivity index (χ4n) is 2.29. The first-order valence-electron chi connectivity index (χ1n) is 7.37. The molecule has 0 aliphatic carbocycles. The summed E-state index contributed by atoms with van der Waals surface area (Å²) in [5.41, 5.74) is 2.41. The van der Waals surface area contributed by atoms with Gasteiger partial charge in [0.1, 0.15) is 17.1 Å². The molecule has 0 saturated heterocycles. The van der Waals surface area contributed by atoms with Crippen molar-refractivity contribution in [2.45, 2.75) is 13.8 Å². The van der Waals surface area contributed by atoms with Gasteiger partial charge in [-0.3, -0.25) is 9.59 Å². The summed E-state index contributed by atoms with van der Waals surface area (Å²) in [5, 5.41) is 5.53. The first kappa shape index (κ1) is 17.3. The van der Waals surface area contributed by atoms with E-state index in [0.717, 1.165) is 5.56 Å². The first-order valence-corrected chi connectivity index (χ1v) is 7.37. The van der Waals surface area contributed by atoms with Crippen molar-refractivity contribution >= 4 is 23.2 Å². The summed E-state index contributed by atoms with van der Waals surface area (Å²) in [4.78, 5) is 23.9. The average Bonchev–Trinajstić information content (AvgIpc) is 2.56. The van der Waals surface area contributed by atoms with Gasteiger partial charge in [0, 0.05) is 18.3 Å². The Kier molecular flexibility index (Phi) is 5.42. The molecule has 2 N–H and O–H groups in total. The van der Waals surface area contributed by atoms with Crippen molar-refractivity contribution in [1.29, 1.82) is 0 Å². The predicted octanol–water partition coefficient (Wildman–Crippen LogP) is 3.22. The number of hydrogen-bond donors (Lipinski definition) is 2. The SMILES string of the molecule is COc1cccc(OC)c1C(=O)Nc1ccc(C)c(NC(C)=O)c1. The molecule has 0 radical (unpaired) electrons. The number of carbonyl (C=O) groups excluding carboxylic acids is 2. The summed E-state index contributed by atoms with van der Waals surface area (Å²) in [6, 6.07) is 10.4. The molecule has 126 valence electrons. The van der Waals surface area contributed by atoms with E-state index >= 15 is 0 Å². The maximum atomic E-state index is 12.6. The number of anilines is 2. The second-order valence-corrected chi connectivity index (χ2v) is 5.20. The molecule has 0 atom stereocenters. The van der Waals surface area contributed by atoms with E-state index in [9.17, 15) is 9.59 Å². The van der Waals surface area contributed by atoms with Gasteiger partial charge >= 0.3 is 0 Å². The van der Waals surface area contributed by atoms with Crippen LogP contribution in [0.4, 0.5) is 11.4 Å². The Bertz CT molecular complexity index is 749. The number of carbonyl (C=O) groups is 2. The van der Waals surface area contributed by atoms with E-state index in [1.54, 1.807) is 30.3 Å². The number of nitrogens with one attached hydrogen (secondary N) is 2. The minimum absolute atomic E-state index is 0.173. The van der Waals surface area contributed by atoms with Gasteiger partial charge in [-0.15, -0.1) is 0 Å². The standard InChI is InChI=1S/C18H20N2O4/c1-11-8-9-13(10-14(11)19-12(2)21)20-18(22)17-15(23-3)6-5-7-16(17)24-4/h5-10H,1-4H3,(H,19,21)(H,20,22). The summed E-state index contributed by atoms with van der Waals surface area (Å²) in [6.07, 6.45) is 0. The third-order valence-corrected chi connectivity index (χ3v) is 3.46. The Hall–Kier alpha value is -3.02. The Morgan fingerprint density at radius 2 is 1.58 bits per heavy atom. The van der Waals surface area contributed by atoms with Gasteiger partial charge in [0.25, 0.3) is 5.91 Å². The van der Waals surface area contributed by atoms with Gasteiger partial charge in [0.15, 0.2) is 0 Å². The molecule has 24 heavy (non-hydrogen) atoms. The van der Waals surface area contributed by atoms with Gasteiger partial charge in [0.2, 0.25) is 5.91 Å². The molecule has 0 heterocycles. The molecule has 6 nitrogen and oxygen atoms in total. The number of methoxy groups -OCH3 is 2. The van der Waals surface area contributed by atoms with Crippen molar-refractivity contribution in [3.63, 3.8) is 0 Å². The van der Waals surface area contributed by atoms with Crippen molar-refractivity contribution in [2.24, 2.45) is 0 Å². The summed E-state index contributed by atoms with van der Waals surface area (Å²) < 4.78 is 10.5. The van der Waals surface area contributed by atoms with Crippen LogP contribution in [0, 0.1) is 6.92 Å². The zero-order valence-electron chi connectivity index (χ0n) is 14.1. The maximum absolute atomic E-state index is 12.6. The molecule has 2 amide bonds. The zero-order valence-corrected chi connectivity index (χ0v) is 14.1. The summed E-state index contributed by atoms with van der Waals surface area (Å²) >= 11 is 0. The van der Waals surface area contributed by atoms with Gasteiger partial charge < -0.3 is 20.1 Å². The lowest BCUT2D eigenvalue weighted by Crippen LogP contribution is -2.15. The number of hydrogen-bond acceptors (Lipinski definition) is 4. The zero-order chi connectivity index (χ0) is 17.7. The molecule has 0 aromatic heterocycles. The second-order valence-electron chi connectivity index (χ2n) is 5.20. The minimum Gasteiger partial charge on any atom is -0.496 e. The molecule has 2 rings (SSSR count). The van der Waals surface area contributed by atoms with Gasteiger partial charge in [-0.2, -0.15) is 0 Å². The van der Waals surface area contributed by atoms with E-state index in [1.165, 1.54) is 21.1 Å². The number of aryl methyl sites for hydroxylation is 1. The third kappa shape index (κ3) is 3.84. The molecule has 0 bridgehead atoms. The molecule has 0 aliphatic rings. The summed E-state index contributed by atoms with van der Waals surface area (Å²) in [5.74, 6) is 0.303. The number of ether oxygens (including phenoxy) is 2. The molecule has 0 aliphatic heterocycles. The predicted molar refractivity (Wildman–Crippen MR) is 93.0 cm³/mol. The van der Waals surface area contributed by atoms with Crippen LogP contribution in [0.5, 0.6) is 11.5 Å². The molecule has 0 spiro atoms. The van der Waals surface area contributed by atoms with Crippen LogP contribution in [-0.2, 0) is 4.79 Å². The molecule has 0 fully saturated rings. The molecule has 0 unspecified atom stereocenters. The van der Waals surface area contributed by atoms with Gasteiger partial charge in [-0.05, 0) is 36.8 Å². The fraction of sp³-hybridized carbons (Fsp3) is 0.222. The fourth-order valence-corrected chi connectivity index (χ4v) is 2.29. The van der Waals surface area contributed by atoms with Gasteiger partial charge in [-0.25, -0.2) is 0 Å². The lowest BCUT2D eigenvalue weighted by Gasteiger charge is -2.14. The van der Waals surface area contributed by atoms with Crippen molar-refractivity contribution in [3.05, 3.63) is 47.5 Å². The van der Waals surface area contributed by atoms with Crippen LogP contribution in [0.15, 0.2) is 36.4 Å².